The number of amides is 1. The summed E-state index contributed by atoms with van der Waals surface area (Å²) in [5, 5.41) is 5.00. The zero-order valence-corrected chi connectivity index (χ0v) is 11.2. The van der Waals surface area contributed by atoms with E-state index in [4.69, 9.17) is 4.74 Å². The van der Waals surface area contributed by atoms with Crippen molar-refractivity contribution in [1.29, 1.82) is 0 Å². The number of nitrogens with one attached hydrogen (secondary N) is 2. The Kier molecular flexibility index (Phi) is 5.69. The van der Waals surface area contributed by atoms with Crippen molar-refractivity contribution in [2.45, 2.75) is 6.92 Å². The van der Waals surface area contributed by atoms with Crippen molar-refractivity contribution in [1.82, 2.24) is 5.32 Å². The van der Waals surface area contributed by atoms with Crippen molar-refractivity contribution in [2.24, 2.45) is 5.92 Å². The molecule has 2 N–H and O–H groups in total. The molecule has 1 unspecified atom stereocenters. The maximum atomic E-state index is 13.5. The molecule has 0 aliphatic carbocycles. The molecule has 0 radical (unpaired) electrons. The van der Waals surface area contributed by atoms with Crippen LogP contribution in [-0.4, -0.2) is 33.2 Å². The topological polar surface area (TPSA) is 50.4 Å². The number of benzene rings is 1. The van der Waals surface area contributed by atoms with Crippen molar-refractivity contribution in [3.05, 3.63) is 29.3 Å². The number of anilines is 1. The van der Waals surface area contributed by atoms with Gasteiger partial charge in [-0.15, -0.1) is 0 Å². The van der Waals surface area contributed by atoms with E-state index in [2.05, 4.69) is 10.6 Å². The van der Waals surface area contributed by atoms with Gasteiger partial charge in [0.15, 0.2) is 0 Å². The minimum atomic E-state index is -0.794. The number of hydrogen-bond acceptors (Lipinski definition) is 3. The minimum absolute atomic E-state index is 0.0429. The fourth-order valence-corrected chi connectivity index (χ4v) is 1.66. The normalized spacial score (nSPS) is 12.1. The first-order valence-corrected chi connectivity index (χ1v) is 5.93. The van der Waals surface area contributed by atoms with Crippen molar-refractivity contribution in [3.8, 4) is 0 Å². The molecule has 1 aromatic rings. The van der Waals surface area contributed by atoms with Crippen molar-refractivity contribution < 1.29 is 18.3 Å². The lowest BCUT2D eigenvalue weighted by Gasteiger charge is -2.12. The van der Waals surface area contributed by atoms with E-state index in [1.54, 1.807) is 7.11 Å². The molecule has 106 valence electrons. The van der Waals surface area contributed by atoms with Crippen LogP contribution in [0.2, 0.25) is 0 Å². The number of methoxy groups -OCH3 is 1. The van der Waals surface area contributed by atoms with Crippen molar-refractivity contribution in [2.75, 3.05) is 32.6 Å². The van der Waals surface area contributed by atoms with Crippen LogP contribution in [0.4, 0.5) is 14.5 Å². The smallest absolute Gasteiger partial charge is 0.251 e. The molecule has 0 bridgehead atoms. The number of carbonyl (C=O) groups excluding carboxylic acids is 1. The number of halogens is 2. The minimum Gasteiger partial charge on any atom is -0.384 e. The molecule has 0 aromatic heterocycles. The molecule has 0 fully saturated rings. The fourth-order valence-electron chi connectivity index (χ4n) is 1.66. The van der Waals surface area contributed by atoms with Gasteiger partial charge in [-0.3, -0.25) is 4.79 Å². The molecule has 1 atom stereocenters. The van der Waals surface area contributed by atoms with Gasteiger partial charge >= 0.3 is 0 Å². The highest BCUT2D eigenvalue weighted by Gasteiger charge is 2.14. The second-order valence-corrected chi connectivity index (χ2v) is 4.34. The maximum Gasteiger partial charge on any atom is 0.251 e. The highest BCUT2D eigenvalue weighted by Crippen LogP contribution is 2.20. The summed E-state index contributed by atoms with van der Waals surface area (Å²) in [6.07, 6.45) is 0. The molecule has 0 spiro atoms. The summed E-state index contributed by atoms with van der Waals surface area (Å²) in [6, 6.07) is 2.01. The van der Waals surface area contributed by atoms with Crippen LogP contribution in [0.1, 0.15) is 17.3 Å². The van der Waals surface area contributed by atoms with Crippen LogP contribution in [0, 0.1) is 17.6 Å². The predicted molar refractivity (Wildman–Crippen MR) is 69.3 cm³/mol. The summed E-state index contributed by atoms with van der Waals surface area (Å²) in [7, 11) is 2.98. The third-order valence-electron chi connectivity index (χ3n) is 2.62. The van der Waals surface area contributed by atoms with Crippen molar-refractivity contribution in [3.63, 3.8) is 0 Å². The predicted octanol–water partition coefficient (Wildman–Crippen LogP) is 2.02. The molecular weight excluding hydrogens is 254 g/mol. The van der Waals surface area contributed by atoms with E-state index in [0.29, 0.717) is 13.2 Å². The van der Waals surface area contributed by atoms with Crippen LogP contribution in [-0.2, 0) is 4.74 Å². The zero-order valence-electron chi connectivity index (χ0n) is 11.2. The fraction of sp³-hybridized carbons (Fsp3) is 0.462. The van der Waals surface area contributed by atoms with Crippen LogP contribution in [0.3, 0.4) is 0 Å². The van der Waals surface area contributed by atoms with Crippen LogP contribution in [0.5, 0.6) is 0 Å². The Morgan fingerprint density at radius 3 is 2.42 bits per heavy atom. The lowest BCUT2D eigenvalue weighted by Crippen LogP contribution is -2.30. The Labute approximate surface area is 111 Å². The van der Waals surface area contributed by atoms with E-state index >= 15 is 0 Å². The van der Waals surface area contributed by atoms with Gasteiger partial charge in [0, 0.05) is 26.3 Å². The lowest BCUT2D eigenvalue weighted by atomic mass is 10.1. The second-order valence-electron chi connectivity index (χ2n) is 4.34. The molecule has 0 aliphatic rings. The van der Waals surface area contributed by atoms with Crippen LogP contribution >= 0.6 is 0 Å². The van der Waals surface area contributed by atoms with Gasteiger partial charge in [-0.05, 0) is 18.1 Å². The molecule has 0 heterocycles. The van der Waals surface area contributed by atoms with Crippen LogP contribution in [0.15, 0.2) is 12.1 Å². The summed E-state index contributed by atoms with van der Waals surface area (Å²) in [5.41, 5.74) is -0.289. The standard InChI is InChI=1S/C13H18F2N2O2/c1-8(7-19-3)6-17-13(18)9-4-10(14)12(16-2)11(15)5-9/h4-5,8,16H,6-7H2,1-3H3,(H,17,18). The van der Waals surface area contributed by atoms with Gasteiger partial charge in [-0.25, -0.2) is 8.78 Å². The van der Waals surface area contributed by atoms with Gasteiger partial charge in [0.05, 0.1) is 6.61 Å². The molecule has 0 saturated heterocycles. The van der Waals surface area contributed by atoms with E-state index in [9.17, 15) is 13.6 Å². The Balaban J connectivity index is 2.73. The van der Waals surface area contributed by atoms with Gasteiger partial charge in [0.25, 0.3) is 5.91 Å². The highest BCUT2D eigenvalue weighted by molar-refractivity contribution is 5.94. The highest BCUT2D eigenvalue weighted by atomic mass is 19.1. The third-order valence-corrected chi connectivity index (χ3v) is 2.62. The number of rotatable bonds is 6. The molecule has 4 nitrogen and oxygen atoms in total. The summed E-state index contributed by atoms with van der Waals surface area (Å²) >= 11 is 0. The molecule has 1 amide bonds. The summed E-state index contributed by atoms with van der Waals surface area (Å²) in [6.45, 7) is 2.78. The summed E-state index contributed by atoms with van der Waals surface area (Å²) in [5.74, 6) is -1.97. The van der Waals surface area contributed by atoms with Gasteiger partial charge in [0.2, 0.25) is 0 Å². The van der Waals surface area contributed by atoms with Crippen LogP contribution in [0.25, 0.3) is 0 Å². The van der Waals surface area contributed by atoms with E-state index in [0.717, 1.165) is 12.1 Å². The molecule has 1 rings (SSSR count). The number of ether oxygens (including phenoxy) is 1. The average molecular weight is 272 g/mol. The van der Waals surface area contributed by atoms with E-state index in [1.165, 1.54) is 7.05 Å². The largest absolute Gasteiger partial charge is 0.384 e. The Morgan fingerprint density at radius 1 is 1.37 bits per heavy atom. The Morgan fingerprint density at radius 2 is 1.95 bits per heavy atom. The maximum absolute atomic E-state index is 13.5. The molecule has 19 heavy (non-hydrogen) atoms. The van der Waals surface area contributed by atoms with E-state index in [1.807, 2.05) is 6.92 Å². The first-order chi connectivity index (χ1) is 8.99. The SMILES string of the molecule is CNc1c(F)cc(C(=O)NCC(C)COC)cc1F. The summed E-state index contributed by atoms with van der Waals surface area (Å²) < 4.78 is 31.9. The Hall–Kier alpha value is -1.69. The van der Waals surface area contributed by atoms with Crippen LogP contribution < -0.4 is 10.6 Å². The number of hydrogen-bond donors (Lipinski definition) is 2. The third kappa shape index (κ3) is 4.17. The van der Waals surface area contributed by atoms with E-state index in [-0.39, 0.29) is 17.2 Å². The quantitative estimate of drug-likeness (QED) is 0.833. The van der Waals surface area contributed by atoms with Gasteiger partial charge in [-0.2, -0.15) is 0 Å². The van der Waals surface area contributed by atoms with Crippen molar-refractivity contribution >= 4 is 11.6 Å². The van der Waals surface area contributed by atoms with Gasteiger partial charge < -0.3 is 15.4 Å². The average Bonchev–Trinajstić information content (AvgIpc) is 2.36. The zero-order chi connectivity index (χ0) is 14.4. The summed E-state index contributed by atoms with van der Waals surface area (Å²) in [4.78, 5) is 11.8. The molecule has 1 aromatic carbocycles. The molecule has 0 saturated carbocycles. The van der Waals surface area contributed by atoms with E-state index < -0.39 is 17.5 Å². The molecule has 0 aliphatic heterocycles. The first-order valence-electron chi connectivity index (χ1n) is 5.93. The van der Waals surface area contributed by atoms with Gasteiger partial charge in [0.1, 0.15) is 17.3 Å². The first kappa shape index (κ1) is 15.4. The monoisotopic (exact) mass is 272 g/mol. The van der Waals surface area contributed by atoms with Gasteiger partial charge in [-0.1, -0.05) is 6.92 Å². The second kappa shape index (κ2) is 7.04. The lowest BCUT2D eigenvalue weighted by molar-refractivity contribution is 0.0933. The Bertz CT molecular complexity index is 429. The molecule has 6 heteroatoms. The molecular formula is C13H18F2N2O2. The number of carbonyl (C=O) groups is 1.